The zero-order valence-electron chi connectivity index (χ0n) is 18.9. The van der Waals surface area contributed by atoms with Crippen molar-refractivity contribution in [2.24, 2.45) is 0 Å². The van der Waals surface area contributed by atoms with Crippen LogP contribution < -0.4 is 5.32 Å². The zero-order chi connectivity index (χ0) is 21.9. The highest BCUT2D eigenvalue weighted by atomic mass is 16.2. The molecule has 0 aliphatic carbocycles. The molecule has 0 radical (unpaired) electrons. The van der Waals surface area contributed by atoms with Crippen LogP contribution in [0.15, 0.2) is 54.6 Å². The van der Waals surface area contributed by atoms with Gasteiger partial charge < -0.3 is 10.2 Å². The molecule has 0 saturated carbocycles. The lowest BCUT2D eigenvalue weighted by Gasteiger charge is -2.31. The Bertz CT molecular complexity index is 786. The molecule has 0 aliphatic rings. The van der Waals surface area contributed by atoms with E-state index in [9.17, 15) is 9.59 Å². The number of rotatable bonds is 11. The van der Waals surface area contributed by atoms with E-state index in [1.165, 1.54) is 5.56 Å². The van der Waals surface area contributed by atoms with Gasteiger partial charge in [0.15, 0.2) is 0 Å². The van der Waals surface area contributed by atoms with Crippen molar-refractivity contribution in [3.63, 3.8) is 0 Å². The Morgan fingerprint density at radius 2 is 1.50 bits per heavy atom. The lowest BCUT2D eigenvalue weighted by molar-refractivity contribution is -0.141. The summed E-state index contributed by atoms with van der Waals surface area (Å²) in [7, 11) is 0. The van der Waals surface area contributed by atoms with E-state index in [0.29, 0.717) is 25.8 Å². The summed E-state index contributed by atoms with van der Waals surface area (Å²) in [5, 5.41) is 3.06. The smallest absolute Gasteiger partial charge is 0.243 e. The summed E-state index contributed by atoms with van der Waals surface area (Å²) in [6.45, 7) is 8.59. The minimum atomic E-state index is -0.464. The number of amides is 2. The summed E-state index contributed by atoms with van der Waals surface area (Å²) in [6.07, 6.45) is 3.53. The lowest BCUT2D eigenvalue weighted by Crippen LogP contribution is -2.50. The Labute approximate surface area is 181 Å². The molecule has 0 bridgehead atoms. The molecule has 162 valence electrons. The molecule has 2 amide bonds. The van der Waals surface area contributed by atoms with Crippen molar-refractivity contribution in [2.75, 3.05) is 0 Å². The van der Waals surface area contributed by atoms with Crippen molar-refractivity contribution < 1.29 is 9.59 Å². The second-order valence-corrected chi connectivity index (χ2v) is 7.92. The first kappa shape index (κ1) is 23.7. The monoisotopic (exact) mass is 408 g/mol. The van der Waals surface area contributed by atoms with Gasteiger partial charge in [-0.15, -0.1) is 0 Å². The molecule has 1 N–H and O–H groups in total. The van der Waals surface area contributed by atoms with Crippen molar-refractivity contribution >= 4 is 11.8 Å². The van der Waals surface area contributed by atoms with Crippen LogP contribution in [0.5, 0.6) is 0 Å². The van der Waals surface area contributed by atoms with Gasteiger partial charge in [-0.05, 0) is 49.3 Å². The van der Waals surface area contributed by atoms with Gasteiger partial charge in [0, 0.05) is 19.0 Å². The molecule has 0 spiro atoms. The normalized spacial score (nSPS) is 12.8. The molecule has 0 fully saturated rings. The minimum absolute atomic E-state index is 0.0181. The molecule has 30 heavy (non-hydrogen) atoms. The van der Waals surface area contributed by atoms with E-state index in [1.807, 2.05) is 51.1 Å². The highest BCUT2D eigenvalue weighted by Gasteiger charge is 2.28. The van der Waals surface area contributed by atoms with E-state index in [0.717, 1.165) is 24.0 Å². The molecule has 0 aromatic heterocycles. The van der Waals surface area contributed by atoms with Gasteiger partial charge in [0.05, 0.1) is 0 Å². The fraction of sp³-hybridized carbons (Fsp3) is 0.462. The van der Waals surface area contributed by atoms with Gasteiger partial charge in [0.2, 0.25) is 11.8 Å². The predicted molar refractivity (Wildman–Crippen MR) is 123 cm³/mol. The minimum Gasteiger partial charge on any atom is -0.352 e. The molecule has 4 nitrogen and oxygen atoms in total. The van der Waals surface area contributed by atoms with Crippen molar-refractivity contribution in [2.45, 2.75) is 78.4 Å². The van der Waals surface area contributed by atoms with Gasteiger partial charge in [0.1, 0.15) is 6.04 Å². The highest BCUT2D eigenvalue weighted by molar-refractivity contribution is 5.87. The van der Waals surface area contributed by atoms with Crippen LogP contribution in [-0.4, -0.2) is 28.8 Å². The quantitative estimate of drug-likeness (QED) is 0.575. The fourth-order valence-electron chi connectivity index (χ4n) is 3.48. The average Bonchev–Trinajstić information content (AvgIpc) is 2.78. The number of aryl methyl sites for hydroxylation is 2. The van der Waals surface area contributed by atoms with Gasteiger partial charge in [-0.25, -0.2) is 0 Å². The third kappa shape index (κ3) is 7.01. The third-order valence-electron chi connectivity index (χ3n) is 5.64. The SMILES string of the molecule is CCc1ccc(CCC(=O)N(Cc2ccccc2)[C@H](CC)C(=O)N[C@H](C)CC)cc1. The summed E-state index contributed by atoms with van der Waals surface area (Å²) >= 11 is 0. The summed E-state index contributed by atoms with van der Waals surface area (Å²) in [4.78, 5) is 27.9. The van der Waals surface area contributed by atoms with Crippen molar-refractivity contribution in [3.8, 4) is 0 Å². The third-order valence-corrected chi connectivity index (χ3v) is 5.64. The van der Waals surface area contributed by atoms with E-state index in [1.54, 1.807) is 4.90 Å². The maximum absolute atomic E-state index is 13.3. The molecule has 2 aromatic rings. The lowest BCUT2D eigenvalue weighted by atomic mass is 10.0. The number of hydrogen-bond acceptors (Lipinski definition) is 2. The van der Waals surface area contributed by atoms with Crippen molar-refractivity contribution in [1.82, 2.24) is 10.2 Å². The largest absolute Gasteiger partial charge is 0.352 e. The van der Waals surface area contributed by atoms with Gasteiger partial charge in [-0.2, -0.15) is 0 Å². The van der Waals surface area contributed by atoms with Gasteiger partial charge in [-0.1, -0.05) is 75.4 Å². The first-order chi connectivity index (χ1) is 14.5. The molecule has 2 atom stereocenters. The van der Waals surface area contributed by atoms with Crippen molar-refractivity contribution in [1.29, 1.82) is 0 Å². The summed E-state index contributed by atoms with van der Waals surface area (Å²) in [6, 6.07) is 18.0. The topological polar surface area (TPSA) is 49.4 Å². The molecule has 0 aliphatic heterocycles. The second-order valence-electron chi connectivity index (χ2n) is 7.92. The number of benzene rings is 2. The molecule has 4 heteroatoms. The summed E-state index contributed by atoms with van der Waals surface area (Å²) < 4.78 is 0. The molecular weight excluding hydrogens is 372 g/mol. The van der Waals surface area contributed by atoms with Crippen molar-refractivity contribution in [3.05, 3.63) is 71.3 Å². The van der Waals surface area contributed by atoms with Gasteiger partial charge in [-0.3, -0.25) is 9.59 Å². The van der Waals surface area contributed by atoms with E-state index in [4.69, 9.17) is 0 Å². The predicted octanol–water partition coefficient (Wildman–Crippen LogP) is 4.90. The van der Waals surface area contributed by atoms with Crippen LogP contribution in [0, 0.1) is 0 Å². The van der Waals surface area contributed by atoms with Crippen LogP contribution in [0.4, 0.5) is 0 Å². The molecule has 0 unspecified atom stereocenters. The highest BCUT2D eigenvalue weighted by Crippen LogP contribution is 2.16. The molecule has 2 rings (SSSR count). The Morgan fingerprint density at radius 1 is 0.867 bits per heavy atom. The van der Waals surface area contributed by atoms with Gasteiger partial charge >= 0.3 is 0 Å². The Balaban J connectivity index is 2.15. The molecule has 0 heterocycles. The Morgan fingerprint density at radius 3 is 2.07 bits per heavy atom. The molecule has 0 saturated heterocycles. The van der Waals surface area contributed by atoms with E-state index < -0.39 is 6.04 Å². The first-order valence-corrected chi connectivity index (χ1v) is 11.2. The number of nitrogens with zero attached hydrogens (tertiary/aromatic N) is 1. The maximum Gasteiger partial charge on any atom is 0.243 e. The standard InChI is InChI=1S/C26H36N2O2/c1-5-20(4)27-26(30)24(7-3)28(19-23-11-9-8-10-12-23)25(29)18-17-22-15-13-21(6-2)14-16-22/h8-16,20,24H,5-7,17-19H2,1-4H3,(H,27,30)/t20-,24-/m1/s1. The number of nitrogens with one attached hydrogen (secondary N) is 1. The van der Waals surface area contributed by atoms with Crippen LogP contribution in [0.3, 0.4) is 0 Å². The van der Waals surface area contributed by atoms with E-state index in [2.05, 4.69) is 36.5 Å². The van der Waals surface area contributed by atoms with Crippen LogP contribution in [0.1, 0.15) is 63.6 Å². The van der Waals surface area contributed by atoms with Crippen LogP contribution >= 0.6 is 0 Å². The van der Waals surface area contributed by atoms with E-state index >= 15 is 0 Å². The van der Waals surface area contributed by atoms with Crippen LogP contribution in [0.25, 0.3) is 0 Å². The molecule has 2 aromatic carbocycles. The Hall–Kier alpha value is -2.62. The average molecular weight is 409 g/mol. The fourth-order valence-corrected chi connectivity index (χ4v) is 3.48. The number of hydrogen-bond donors (Lipinski definition) is 1. The van der Waals surface area contributed by atoms with E-state index in [-0.39, 0.29) is 17.9 Å². The summed E-state index contributed by atoms with van der Waals surface area (Å²) in [5.74, 6) is -0.0481. The number of carbonyl (C=O) groups is 2. The maximum atomic E-state index is 13.3. The van der Waals surface area contributed by atoms with Crippen LogP contribution in [-0.2, 0) is 29.0 Å². The zero-order valence-corrected chi connectivity index (χ0v) is 18.9. The second kappa shape index (κ2) is 12.2. The Kier molecular flexibility index (Phi) is 9.59. The first-order valence-electron chi connectivity index (χ1n) is 11.2. The summed E-state index contributed by atoms with van der Waals surface area (Å²) in [5.41, 5.74) is 3.48. The van der Waals surface area contributed by atoms with Crippen LogP contribution in [0.2, 0.25) is 0 Å². The van der Waals surface area contributed by atoms with Gasteiger partial charge in [0.25, 0.3) is 0 Å². The number of carbonyl (C=O) groups excluding carboxylic acids is 2. The molecular formula is C26H36N2O2.